The maximum atomic E-state index is 13.2. The molecule has 0 spiro atoms. The number of thioether (sulfide) groups is 1. The van der Waals surface area contributed by atoms with Gasteiger partial charge in [0, 0.05) is 31.6 Å². The van der Waals surface area contributed by atoms with Crippen LogP contribution >= 0.6 is 11.8 Å². The molecule has 24 heavy (non-hydrogen) atoms. The molecule has 0 radical (unpaired) electrons. The molecule has 1 heterocycles. The maximum Gasteiger partial charge on any atom is 0.214 e. The van der Waals surface area contributed by atoms with Crippen molar-refractivity contribution in [2.24, 2.45) is 0 Å². The average Bonchev–Trinajstić information content (AvgIpc) is 3.00. The first-order valence-electron chi connectivity index (χ1n) is 7.17. The monoisotopic (exact) mass is 347 g/mol. The van der Waals surface area contributed by atoms with Crippen LogP contribution in [0.15, 0.2) is 47.6 Å². The van der Waals surface area contributed by atoms with Gasteiger partial charge in [0.05, 0.1) is 5.69 Å². The summed E-state index contributed by atoms with van der Waals surface area (Å²) in [5.41, 5.74) is 2.42. The molecular weight excluding hydrogens is 332 g/mol. The van der Waals surface area contributed by atoms with E-state index in [1.54, 1.807) is 4.68 Å². The van der Waals surface area contributed by atoms with Crippen LogP contribution in [0.4, 0.5) is 14.5 Å². The first-order valence-corrected chi connectivity index (χ1v) is 8.15. The standard InChI is InChI=1S/C16H15F2N5S/c1-22(2)14-3-5-15(6-4-14)23-16(19-20-21-23)24-10-11-7-12(17)9-13(18)8-11/h3-9H,10H2,1-2H3. The largest absolute Gasteiger partial charge is 0.378 e. The summed E-state index contributed by atoms with van der Waals surface area (Å²) in [5.74, 6) is -0.820. The smallest absolute Gasteiger partial charge is 0.214 e. The number of hydrogen-bond acceptors (Lipinski definition) is 5. The van der Waals surface area contributed by atoms with E-state index >= 15 is 0 Å². The molecule has 0 aliphatic rings. The van der Waals surface area contributed by atoms with Gasteiger partial charge in [-0.1, -0.05) is 11.8 Å². The number of benzene rings is 2. The van der Waals surface area contributed by atoms with E-state index in [1.165, 1.54) is 23.9 Å². The number of rotatable bonds is 5. The lowest BCUT2D eigenvalue weighted by Gasteiger charge is -2.12. The summed E-state index contributed by atoms with van der Waals surface area (Å²) in [4.78, 5) is 2.00. The predicted octanol–water partition coefficient (Wildman–Crippen LogP) is 3.30. The van der Waals surface area contributed by atoms with Crippen LogP contribution in [0.2, 0.25) is 0 Å². The van der Waals surface area contributed by atoms with Gasteiger partial charge in [0.25, 0.3) is 0 Å². The van der Waals surface area contributed by atoms with Crippen LogP contribution in [-0.2, 0) is 5.75 Å². The molecule has 0 saturated heterocycles. The molecule has 0 bridgehead atoms. The maximum absolute atomic E-state index is 13.2. The third kappa shape index (κ3) is 3.70. The van der Waals surface area contributed by atoms with Gasteiger partial charge in [-0.2, -0.15) is 4.68 Å². The van der Waals surface area contributed by atoms with Crippen molar-refractivity contribution < 1.29 is 8.78 Å². The Balaban J connectivity index is 1.77. The van der Waals surface area contributed by atoms with E-state index in [1.807, 2.05) is 43.3 Å². The lowest BCUT2D eigenvalue weighted by Crippen LogP contribution is -2.08. The van der Waals surface area contributed by atoms with Gasteiger partial charge in [-0.15, -0.1) is 5.10 Å². The molecular formula is C16H15F2N5S. The van der Waals surface area contributed by atoms with Crippen LogP contribution in [-0.4, -0.2) is 34.3 Å². The van der Waals surface area contributed by atoms with E-state index < -0.39 is 11.6 Å². The molecule has 8 heteroatoms. The van der Waals surface area contributed by atoms with Crippen LogP contribution < -0.4 is 4.90 Å². The van der Waals surface area contributed by atoms with Crippen molar-refractivity contribution in [1.82, 2.24) is 20.2 Å². The third-order valence-electron chi connectivity index (χ3n) is 3.34. The molecule has 0 aliphatic heterocycles. The normalized spacial score (nSPS) is 10.8. The SMILES string of the molecule is CN(C)c1ccc(-n2nnnc2SCc2cc(F)cc(F)c2)cc1. The van der Waals surface area contributed by atoms with Crippen LogP contribution in [0.3, 0.4) is 0 Å². The van der Waals surface area contributed by atoms with Crippen molar-refractivity contribution in [2.75, 3.05) is 19.0 Å². The molecule has 0 N–H and O–H groups in total. The molecule has 3 rings (SSSR count). The minimum absolute atomic E-state index is 0.366. The lowest BCUT2D eigenvalue weighted by atomic mass is 10.2. The quantitative estimate of drug-likeness (QED) is 0.663. The van der Waals surface area contributed by atoms with Gasteiger partial charge >= 0.3 is 0 Å². The van der Waals surface area contributed by atoms with E-state index in [9.17, 15) is 8.78 Å². The molecule has 0 fully saturated rings. The van der Waals surface area contributed by atoms with Crippen molar-refractivity contribution in [3.63, 3.8) is 0 Å². The van der Waals surface area contributed by atoms with Crippen LogP contribution in [0, 0.1) is 11.6 Å². The third-order valence-corrected chi connectivity index (χ3v) is 4.33. The minimum atomic E-state index is -0.593. The summed E-state index contributed by atoms with van der Waals surface area (Å²) >= 11 is 1.31. The van der Waals surface area contributed by atoms with E-state index in [0.717, 1.165) is 17.4 Å². The number of nitrogens with zero attached hydrogens (tertiary/aromatic N) is 5. The fourth-order valence-electron chi connectivity index (χ4n) is 2.17. The van der Waals surface area contributed by atoms with Crippen molar-refractivity contribution in [3.05, 3.63) is 59.7 Å². The Kier molecular flexibility index (Phi) is 4.75. The summed E-state index contributed by atoms with van der Waals surface area (Å²) in [6.07, 6.45) is 0. The molecule has 1 aromatic heterocycles. The fourth-order valence-corrected chi connectivity index (χ4v) is 2.99. The predicted molar refractivity (Wildman–Crippen MR) is 89.4 cm³/mol. The summed E-state index contributed by atoms with van der Waals surface area (Å²) in [7, 11) is 3.93. The number of aromatic nitrogens is 4. The van der Waals surface area contributed by atoms with E-state index in [0.29, 0.717) is 16.5 Å². The number of anilines is 1. The van der Waals surface area contributed by atoms with Gasteiger partial charge in [-0.25, -0.2) is 8.78 Å². The summed E-state index contributed by atoms with van der Waals surface area (Å²) in [6, 6.07) is 11.2. The van der Waals surface area contributed by atoms with E-state index in [4.69, 9.17) is 0 Å². The molecule has 2 aromatic carbocycles. The Labute approximate surface area is 142 Å². The molecule has 0 atom stereocenters. The second-order valence-electron chi connectivity index (χ2n) is 5.35. The Morgan fingerprint density at radius 2 is 1.71 bits per heavy atom. The fraction of sp³-hybridized carbons (Fsp3) is 0.188. The second-order valence-corrected chi connectivity index (χ2v) is 6.29. The van der Waals surface area contributed by atoms with E-state index in [-0.39, 0.29) is 0 Å². The van der Waals surface area contributed by atoms with Crippen LogP contribution in [0.1, 0.15) is 5.56 Å². The average molecular weight is 347 g/mol. The zero-order chi connectivity index (χ0) is 17.1. The molecule has 3 aromatic rings. The summed E-state index contributed by atoms with van der Waals surface area (Å²) < 4.78 is 28.1. The zero-order valence-electron chi connectivity index (χ0n) is 13.1. The van der Waals surface area contributed by atoms with Gasteiger partial charge in [0.2, 0.25) is 5.16 Å². The van der Waals surface area contributed by atoms with Crippen molar-refractivity contribution >= 4 is 17.4 Å². The zero-order valence-corrected chi connectivity index (χ0v) is 14.0. The molecule has 0 amide bonds. The highest BCUT2D eigenvalue weighted by molar-refractivity contribution is 7.98. The van der Waals surface area contributed by atoms with Gasteiger partial charge in [-0.3, -0.25) is 0 Å². The van der Waals surface area contributed by atoms with Crippen LogP contribution in [0.5, 0.6) is 0 Å². The molecule has 124 valence electrons. The van der Waals surface area contributed by atoms with Gasteiger partial charge in [0.15, 0.2) is 0 Å². The van der Waals surface area contributed by atoms with E-state index in [2.05, 4.69) is 15.5 Å². The highest BCUT2D eigenvalue weighted by Gasteiger charge is 2.10. The Morgan fingerprint density at radius 3 is 2.33 bits per heavy atom. The molecule has 0 aliphatic carbocycles. The Hall–Kier alpha value is -2.48. The number of halogens is 2. The van der Waals surface area contributed by atoms with Gasteiger partial charge in [0.1, 0.15) is 11.6 Å². The second kappa shape index (κ2) is 6.96. The molecule has 0 unspecified atom stereocenters. The Morgan fingerprint density at radius 1 is 1.04 bits per heavy atom. The van der Waals surface area contributed by atoms with Crippen molar-refractivity contribution in [3.8, 4) is 5.69 Å². The topological polar surface area (TPSA) is 46.8 Å². The summed E-state index contributed by atoms with van der Waals surface area (Å²) in [5, 5.41) is 12.2. The summed E-state index contributed by atoms with van der Waals surface area (Å²) in [6.45, 7) is 0. The molecule has 0 saturated carbocycles. The number of hydrogen-bond donors (Lipinski definition) is 0. The Bertz CT molecular complexity index is 812. The van der Waals surface area contributed by atoms with Crippen LogP contribution in [0.25, 0.3) is 5.69 Å². The van der Waals surface area contributed by atoms with Gasteiger partial charge < -0.3 is 4.90 Å². The highest BCUT2D eigenvalue weighted by atomic mass is 32.2. The number of tetrazole rings is 1. The first kappa shape index (κ1) is 16.4. The molecule has 5 nitrogen and oxygen atoms in total. The highest BCUT2D eigenvalue weighted by Crippen LogP contribution is 2.24. The first-order chi connectivity index (χ1) is 11.5. The van der Waals surface area contributed by atoms with Crippen molar-refractivity contribution in [2.45, 2.75) is 10.9 Å². The van der Waals surface area contributed by atoms with Crippen molar-refractivity contribution in [1.29, 1.82) is 0 Å². The lowest BCUT2D eigenvalue weighted by molar-refractivity contribution is 0.581. The minimum Gasteiger partial charge on any atom is -0.378 e. The van der Waals surface area contributed by atoms with Gasteiger partial charge in [-0.05, 0) is 52.4 Å².